The van der Waals surface area contributed by atoms with Gasteiger partial charge < -0.3 is 20.4 Å². The van der Waals surface area contributed by atoms with Gasteiger partial charge in [-0.15, -0.1) is 0 Å². The zero-order valence-corrected chi connectivity index (χ0v) is 61.6. The van der Waals surface area contributed by atoms with Crippen molar-refractivity contribution in [2.24, 2.45) is 0 Å². The Balaban J connectivity index is 7.23. The normalized spacial score (nSPS) is 13.0. The zero-order valence-electron chi connectivity index (χ0n) is 59.8. The number of unbranched alkanes of at least 4 members (excludes halogenated alkanes) is 54. The van der Waals surface area contributed by atoms with Gasteiger partial charge in [0.2, 0.25) is 0 Å². The van der Waals surface area contributed by atoms with Gasteiger partial charge in [0, 0.05) is 0 Å². The van der Waals surface area contributed by atoms with Gasteiger partial charge in [0.05, 0.1) is 25.7 Å². The molecule has 0 aliphatic heterocycles. The molecule has 0 fully saturated rings. The number of carbonyl (C=O) groups is 4. The summed E-state index contributed by atoms with van der Waals surface area (Å²) >= 11 is 0. The molecule has 0 aromatic rings. The Bertz CT molecular complexity index is 1510. The fourth-order valence-electron chi connectivity index (χ4n) is 16.3. The topological polar surface area (TPSA) is 149 Å². The van der Waals surface area contributed by atoms with Crippen LogP contribution in [0.2, 0.25) is 0 Å². The Kier molecular flexibility index (Phi) is 59.5. The van der Waals surface area contributed by atoms with E-state index in [-0.39, 0.29) is 25.7 Å². The third-order valence-corrected chi connectivity index (χ3v) is 51.0. The third kappa shape index (κ3) is 43.5. The van der Waals surface area contributed by atoms with Crippen LogP contribution in [-0.4, -0.2) is 90.3 Å². The summed E-state index contributed by atoms with van der Waals surface area (Å²) in [6.45, 7) is 9.10. The summed E-state index contributed by atoms with van der Waals surface area (Å²) in [4.78, 5) is 53.7. The second kappa shape index (κ2) is 60.5. The molecule has 88 heavy (non-hydrogen) atoms. The number of carboxylic acids is 4. The van der Waals surface area contributed by atoms with Crippen molar-refractivity contribution in [3.8, 4) is 0 Å². The highest BCUT2D eigenvalue weighted by molar-refractivity contribution is 9.23. The molecule has 8 nitrogen and oxygen atoms in total. The van der Waals surface area contributed by atoms with Crippen molar-refractivity contribution in [1.29, 1.82) is 0 Å². The molecule has 0 rings (SSSR count). The summed E-state index contributed by atoms with van der Waals surface area (Å²) in [5.41, 5.74) is 0. The zero-order chi connectivity index (χ0) is 64.7. The van der Waals surface area contributed by atoms with Crippen molar-refractivity contribution in [3.05, 3.63) is 0 Å². The molecule has 0 saturated carbocycles. The van der Waals surface area contributed by atoms with Gasteiger partial charge in [-0.2, -0.15) is 0 Å². The van der Waals surface area contributed by atoms with Crippen LogP contribution >= 0.6 is 16.4 Å². The van der Waals surface area contributed by atoms with Crippen LogP contribution in [0.1, 0.15) is 426 Å². The van der Waals surface area contributed by atoms with Gasteiger partial charge in [0.15, 0.2) is 0 Å². The Morgan fingerprint density at radius 1 is 0.170 bits per heavy atom. The van der Waals surface area contributed by atoms with Crippen molar-refractivity contribution in [2.75, 3.05) is 46.0 Å². The monoisotopic (exact) mass is 1290 g/mol. The maximum atomic E-state index is 13.4. The third-order valence-electron chi connectivity index (χ3n) is 22.0. The minimum absolute atomic E-state index is 0.0375. The molecule has 10 heteroatoms. The van der Waals surface area contributed by atoms with Gasteiger partial charge in [0.1, 0.15) is 0 Å². The Morgan fingerprint density at radius 3 is 0.375 bits per heavy atom. The van der Waals surface area contributed by atoms with Crippen molar-refractivity contribution < 1.29 is 39.6 Å². The molecule has 0 aliphatic rings. The summed E-state index contributed by atoms with van der Waals surface area (Å²) in [6.07, 6.45) is 71.8. The molecule has 4 N–H and O–H groups in total. The van der Waals surface area contributed by atoms with E-state index >= 15 is 0 Å². The Morgan fingerprint density at radius 2 is 0.273 bits per heavy atom. The molecule has 0 aromatic heterocycles. The molecular weight excluding hydrogens is 1130 g/mol. The van der Waals surface area contributed by atoms with Gasteiger partial charge in [0.25, 0.3) is 0 Å². The summed E-state index contributed by atoms with van der Waals surface area (Å²) in [6, 6.07) is 0. The second-order valence-corrected chi connectivity index (χ2v) is 47.3. The van der Waals surface area contributed by atoms with Crippen LogP contribution in [0.5, 0.6) is 0 Å². The Labute approximate surface area is 548 Å². The number of hydrogen-bond acceptors (Lipinski definition) is 4. The predicted octanol–water partition coefficient (Wildman–Crippen LogP) is 25.7. The van der Waals surface area contributed by atoms with Gasteiger partial charge in [-0.1, -0.05) is 374 Å². The van der Waals surface area contributed by atoms with Crippen LogP contribution < -0.4 is 0 Å². The molecule has 0 aromatic carbocycles. The lowest BCUT2D eigenvalue weighted by molar-refractivity contribution is -0.137. The number of carboxylic acid groups (broad SMARTS) is 4. The molecule has 0 spiro atoms. The Hall–Kier alpha value is -1.42. The van der Waals surface area contributed by atoms with E-state index in [9.17, 15) is 39.6 Å². The van der Waals surface area contributed by atoms with E-state index in [0.29, 0.717) is 23.0 Å². The molecule has 530 valence electrons. The van der Waals surface area contributed by atoms with E-state index in [0.717, 1.165) is 126 Å². The second-order valence-electron chi connectivity index (χ2n) is 29.3. The first-order valence-electron chi connectivity index (χ1n) is 39.7. The SMILES string of the molecule is CCCCCCCCCCCCCCCCCC[SH](CCCCCCCCCCCC)(CCC(=O)O)(CCC(=O)O)[SH](CCCCCCCCCCCCCCCCCC)(CCCCCCCCCCCCCCCCCC)(CCC(=O)O)CCC(=O)O. The quantitative estimate of drug-likeness (QED) is 0.0200. The average Bonchev–Trinajstić information content (AvgIpc) is 0.683. The molecule has 0 radical (unpaired) electrons. The highest BCUT2D eigenvalue weighted by atomic mass is 33.3. The maximum Gasteiger partial charge on any atom is 0.304 e. The van der Waals surface area contributed by atoms with Gasteiger partial charge in [-0.25, -0.2) is 0 Å². The van der Waals surface area contributed by atoms with Crippen LogP contribution in [0, 0.1) is 0 Å². The largest absolute Gasteiger partial charge is 0.481 e. The highest BCUT2D eigenvalue weighted by Crippen LogP contribution is 3.06. The van der Waals surface area contributed by atoms with Crippen LogP contribution in [0.25, 0.3) is 0 Å². The number of thiol groups is 2. The minimum Gasteiger partial charge on any atom is -0.481 e. The lowest BCUT2D eigenvalue weighted by Crippen LogP contribution is -2.52. The van der Waals surface area contributed by atoms with Crippen molar-refractivity contribution in [3.63, 3.8) is 0 Å². The lowest BCUT2D eigenvalue weighted by Gasteiger charge is -2.89. The van der Waals surface area contributed by atoms with Crippen LogP contribution in [0.4, 0.5) is 0 Å². The van der Waals surface area contributed by atoms with Gasteiger partial charge in [-0.3, -0.25) is 35.6 Å². The predicted molar refractivity (Wildman–Crippen MR) is 396 cm³/mol. The van der Waals surface area contributed by atoms with Crippen molar-refractivity contribution >= 4 is 40.3 Å². The molecule has 0 atom stereocenters. The van der Waals surface area contributed by atoms with Gasteiger partial charge >= 0.3 is 23.9 Å². The van der Waals surface area contributed by atoms with E-state index < -0.39 is 40.3 Å². The first-order chi connectivity index (χ1) is 42.8. The number of aliphatic carboxylic acids is 4. The smallest absolute Gasteiger partial charge is 0.304 e. The van der Waals surface area contributed by atoms with E-state index in [1.165, 1.54) is 270 Å². The summed E-state index contributed by atoms with van der Waals surface area (Å²) < 4.78 is 0. The molecule has 0 bridgehead atoms. The van der Waals surface area contributed by atoms with Crippen LogP contribution in [-0.2, 0) is 19.2 Å². The summed E-state index contributed by atoms with van der Waals surface area (Å²) in [7, 11) is -7.33. The molecule has 0 aliphatic carbocycles. The maximum absolute atomic E-state index is 13.4. The number of hydrogen-bond donors (Lipinski definition) is 6. The summed E-state index contributed by atoms with van der Waals surface area (Å²) in [5, 5.41) is 44.0. The first-order valence-corrected chi connectivity index (χ1v) is 46.3. The molecule has 0 saturated heterocycles. The standard InChI is InChI=1S/C78H158O8S2/c1-5-9-13-17-21-25-29-32-35-38-41-44-48-52-56-60-68-87(71-63-75(79)80,72-64-76(81)82,67-59-55-51-47-28-24-20-16-12-8-4)88(73-65-77(83)84,74-66-78(85)86,69-61-57-53-49-45-42-39-36-33-30-26-22-18-14-10-6-2)70-62-58-54-50-46-43-40-37-34-31-27-23-19-15-11-7-3/h87-88H,5-74H2,1-4H3,(H,79,80)(H,81,82)(H,83,84)(H,85,86). The van der Waals surface area contributed by atoms with Crippen LogP contribution in [0.15, 0.2) is 0 Å². The number of rotatable bonds is 75. The fourth-order valence-corrected chi connectivity index (χ4v) is 47.2. The first kappa shape index (κ1) is 86.6. The van der Waals surface area contributed by atoms with Crippen molar-refractivity contribution in [2.45, 2.75) is 426 Å². The minimum atomic E-state index is -3.67. The molecule has 0 unspecified atom stereocenters. The lowest BCUT2D eigenvalue weighted by atomic mass is 10.0. The van der Waals surface area contributed by atoms with Crippen LogP contribution in [0.3, 0.4) is 0 Å². The van der Waals surface area contributed by atoms with E-state index in [4.69, 9.17) is 0 Å². The van der Waals surface area contributed by atoms with Crippen molar-refractivity contribution in [1.82, 2.24) is 0 Å². The van der Waals surface area contributed by atoms with E-state index in [1.807, 2.05) is 0 Å². The fraction of sp³-hybridized carbons (Fsp3) is 0.949. The van der Waals surface area contributed by atoms with Gasteiger partial charge in [-0.05, 0) is 71.7 Å². The van der Waals surface area contributed by atoms with E-state index in [1.54, 1.807) is 0 Å². The molecular formula is C78H158O8S2. The summed E-state index contributed by atoms with van der Waals surface area (Å²) in [5.74, 6) is 1.70. The highest BCUT2D eigenvalue weighted by Gasteiger charge is 2.61. The molecule has 0 heterocycles. The average molecular weight is 1290 g/mol. The molecule has 0 amide bonds. The van der Waals surface area contributed by atoms with E-state index in [2.05, 4.69) is 27.7 Å².